The van der Waals surface area contributed by atoms with Gasteiger partial charge in [0.2, 0.25) is 0 Å². The number of rotatable bonds is 17. The van der Waals surface area contributed by atoms with Gasteiger partial charge in [0.25, 0.3) is 0 Å². The Morgan fingerprint density at radius 1 is 1.03 bits per heavy atom. The Bertz CT molecular complexity index is 514. The van der Waals surface area contributed by atoms with Crippen LogP contribution < -0.4 is 0 Å². The number of carbonyl (C=O) groups excluding carboxylic acids is 1. The first-order chi connectivity index (χ1) is 15.1. The van der Waals surface area contributed by atoms with Crippen molar-refractivity contribution < 1.29 is 19.4 Å². The van der Waals surface area contributed by atoms with Crippen LogP contribution >= 0.6 is 0 Å². The van der Waals surface area contributed by atoms with Crippen LogP contribution in [0.4, 0.5) is 0 Å². The third kappa shape index (κ3) is 11.3. The molecule has 0 aliphatic carbocycles. The van der Waals surface area contributed by atoms with Crippen LogP contribution in [0, 0.1) is 0 Å². The van der Waals surface area contributed by atoms with Crippen molar-refractivity contribution in [3.8, 4) is 0 Å². The highest BCUT2D eigenvalue weighted by atomic mass is 16.5. The second kappa shape index (κ2) is 15.1. The van der Waals surface area contributed by atoms with E-state index in [4.69, 9.17) is 9.47 Å². The first-order valence-electron chi connectivity index (χ1n) is 13.0. The molecule has 1 fully saturated rings. The molecule has 0 amide bonds. The van der Waals surface area contributed by atoms with Crippen molar-refractivity contribution >= 4 is 5.97 Å². The molecular formula is C27H51NO4. The minimum atomic E-state index is -0.556. The van der Waals surface area contributed by atoms with E-state index in [-0.39, 0.29) is 23.2 Å². The summed E-state index contributed by atoms with van der Waals surface area (Å²) < 4.78 is 11.3. The van der Waals surface area contributed by atoms with Gasteiger partial charge in [-0.05, 0) is 34.1 Å². The molecule has 1 aliphatic heterocycles. The minimum absolute atomic E-state index is 0.0594. The second-order valence-corrected chi connectivity index (χ2v) is 10.8. The summed E-state index contributed by atoms with van der Waals surface area (Å²) in [6.07, 6.45) is 14.4. The maximum atomic E-state index is 12.4. The third-order valence-corrected chi connectivity index (χ3v) is 6.64. The number of nitrogens with zero attached hydrogens (tertiary/aromatic N) is 1. The third-order valence-electron chi connectivity index (χ3n) is 6.64. The van der Waals surface area contributed by atoms with Crippen molar-refractivity contribution in [3.63, 3.8) is 0 Å². The van der Waals surface area contributed by atoms with E-state index in [0.717, 1.165) is 25.7 Å². The van der Waals surface area contributed by atoms with Gasteiger partial charge in [-0.25, -0.2) is 0 Å². The first kappa shape index (κ1) is 29.1. The molecule has 0 aromatic rings. The summed E-state index contributed by atoms with van der Waals surface area (Å²) in [6, 6.07) is 0. The van der Waals surface area contributed by atoms with Gasteiger partial charge in [0.15, 0.2) is 0 Å². The highest BCUT2D eigenvalue weighted by Gasteiger charge is 2.46. The summed E-state index contributed by atoms with van der Waals surface area (Å²) in [4.78, 5) is 14.8. The van der Waals surface area contributed by atoms with E-state index in [9.17, 15) is 9.90 Å². The molecule has 188 valence electrons. The van der Waals surface area contributed by atoms with Crippen molar-refractivity contribution in [3.05, 3.63) is 12.7 Å². The SMILES string of the molecule is C=CCOCC(O)CN1C(C)(C)CC(OC(=O)CCCCCCCCCCC)CC1(C)C. The quantitative estimate of drug-likeness (QED) is 0.165. The smallest absolute Gasteiger partial charge is 0.306 e. The van der Waals surface area contributed by atoms with E-state index >= 15 is 0 Å². The number of hydrogen-bond acceptors (Lipinski definition) is 5. The second-order valence-electron chi connectivity index (χ2n) is 10.8. The van der Waals surface area contributed by atoms with Gasteiger partial charge in [0, 0.05) is 36.9 Å². The molecule has 0 bridgehead atoms. The number of carbonyl (C=O) groups is 1. The molecule has 1 atom stereocenters. The molecule has 1 saturated heterocycles. The zero-order chi connectivity index (χ0) is 24.0. The van der Waals surface area contributed by atoms with Crippen molar-refractivity contribution in [1.82, 2.24) is 4.90 Å². The number of piperidine rings is 1. The molecule has 0 aromatic heterocycles. The van der Waals surface area contributed by atoms with Crippen LogP contribution in [-0.2, 0) is 14.3 Å². The molecule has 0 radical (unpaired) electrons. The summed E-state index contributed by atoms with van der Waals surface area (Å²) in [6.45, 7) is 15.9. The van der Waals surface area contributed by atoms with E-state index in [2.05, 4.69) is 46.1 Å². The predicted molar refractivity (Wildman–Crippen MR) is 133 cm³/mol. The highest BCUT2D eigenvalue weighted by molar-refractivity contribution is 5.69. The van der Waals surface area contributed by atoms with Gasteiger partial charge in [-0.15, -0.1) is 6.58 Å². The lowest BCUT2D eigenvalue weighted by molar-refractivity contribution is -0.162. The maximum absolute atomic E-state index is 12.4. The lowest BCUT2D eigenvalue weighted by Crippen LogP contribution is -2.64. The molecule has 32 heavy (non-hydrogen) atoms. The predicted octanol–water partition coefficient (Wildman–Crippen LogP) is 6.04. The molecule has 1 heterocycles. The molecule has 1 aliphatic rings. The average molecular weight is 454 g/mol. The summed E-state index contributed by atoms with van der Waals surface area (Å²) in [5, 5.41) is 10.4. The van der Waals surface area contributed by atoms with Gasteiger partial charge in [0.1, 0.15) is 6.10 Å². The summed E-state index contributed by atoms with van der Waals surface area (Å²) in [5.74, 6) is -0.0594. The standard InChI is InChI=1S/C27H51NO4/c1-7-9-10-11-12-13-14-15-16-17-25(30)32-24-19-26(3,4)28(27(5,6)20-24)21-23(29)22-31-18-8-2/h8,23-24,29H,2,7,9-22H2,1,3-6H3. The fraction of sp³-hybridized carbons (Fsp3) is 0.889. The molecule has 5 heteroatoms. The molecule has 1 N–H and O–H groups in total. The van der Waals surface area contributed by atoms with Gasteiger partial charge in [0.05, 0.1) is 19.3 Å². The van der Waals surface area contributed by atoms with E-state index in [1.807, 2.05) is 0 Å². The summed E-state index contributed by atoms with van der Waals surface area (Å²) >= 11 is 0. The molecule has 0 saturated carbocycles. The number of β-amino-alcohol motifs (C(OH)–C–C–N with tert-alkyl or cyclic N) is 1. The van der Waals surface area contributed by atoms with Gasteiger partial charge in [-0.1, -0.05) is 64.4 Å². The zero-order valence-corrected chi connectivity index (χ0v) is 21.7. The first-order valence-corrected chi connectivity index (χ1v) is 13.0. The highest BCUT2D eigenvalue weighted by Crippen LogP contribution is 2.39. The number of aliphatic hydroxyl groups is 1. The number of unbranched alkanes of at least 4 members (excludes halogenated alkanes) is 8. The number of ether oxygens (including phenoxy) is 2. The number of esters is 1. The lowest BCUT2D eigenvalue weighted by Gasteiger charge is -2.55. The van der Waals surface area contributed by atoms with Gasteiger partial charge in [-0.2, -0.15) is 0 Å². The average Bonchev–Trinajstić information content (AvgIpc) is 2.69. The Morgan fingerprint density at radius 3 is 2.09 bits per heavy atom. The van der Waals surface area contributed by atoms with Crippen LogP contribution in [0.25, 0.3) is 0 Å². The monoisotopic (exact) mass is 453 g/mol. The van der Waals surface area contributed by atoms with Crippen molar-refractivity contribution in [2.45, 2.75) is 135 Å². The zero-order valence-electron chi connectivity index (χ0n) is 21.7. The largest absolute Gasteiger partial charge is 0.462 e. The topological polar surface area (TPSA) is 59.0 Å². The Balaban J connectivity index is 2.37. The maximum Gasteiger partial charge on any atom is 0.306 e. The minimum Gasteiger partial charge on any atom is -0.462 e. The Morgan fingerprint density at radius 2 is 1.56 bits per heavy atom. The summed E-state index contributed by atoms with van der Waals surface area (Å²) in [5.41, 5.74) is -0.353. The molecule has 0 aromatic carbocycles. The Labute approximate surface area is 197 Å². The van der Waals surface area contributed by atoms with Gasteiger partial charge in [-0.3, -0.25) is 9.69 Å². The number of hydrogen-bond donors (Lipinski definition) is 1. The number of aliphatic hydroxyl groups excluding tert-OH is 1. The van der Waals surface area contributed by atoms with Crippen molar-refractivity contribution in [2.75, 3.05) is 19.8 Å². The van der Waals surface area contributed by atoms with Crippen LogP contribution in [0.5, 0.6) is 0 Å². The van der Waals surface area contributed by atoms with Gasteiger partial charge >= 0.3 is 5.97 Å². The van der Waals surface area contributed by atoms with Crippen LogP contribution in [0.1, 0.15) is 112 Å². The van der Waals surface area contributed by atoms with E-state index in [1.165, 1.54) is 44.9 Å². The van der Waals surface area contributed by atoms with Crippen LogP contribution in [0.15, 0.2) is 12.7 Å². The van der Waals surface area contributed by atoms with E-state index < -0.39 is 6.10 Å². The normalized spacial score (nSPS) is 19.6. The molecule has 1 rings (SSSR count). The molecule has 5 nitrogen and oxygen atoms in total. The van der Waals surface area contributed by atoms with Crippen molar-refractivity contribution in [2.24, 2.45) is 0 Å². The lowest BCUT2D eigenvalue weighted by atomic mass is 9.78. The van der Waals surface area contributed by atoms with Crippen LogP contribution in [0.3, 0.4) is 0 Å². The number of likely N-dealkylation sites (tertiary alicyclic amines) is 1. The molecular weight excluding hydrogens is 402 g/mol. The molecule has 0 spiro atoms. The Hall–Kier alpha value is -0.910. The van der Waals surface area contributed by atoms with E-state index in [0.29, 0.717) is 26.2 Å². The fourth-order valence-electron chi connectivity index (χ4n) is 5.18. The fourth-order valence-corrected chi connectivity index (χ4v) is 5.18. The van der Waals surface area contributed by atoms with E-state index in [1.54, 1.807) is 6.08 Å². The molecule has 1 unspecified atom stereocenters. The summed E-state index contributed by atoms with van der Waals surface area (Å²) in [7, 11) is 0. The van der Waals surface area contributed by atoms with Crippen molar-refractivity contribution in [1.29, 1.82) is 0 Å². The van der Waals surface area contributed by atoms with Gasteiger partial charge < -0.3 is 14.6 Å². The van der Waals surface area contributed by atoms with Crippen LogP contribution in [0.2, 0.25) is 0 Å². The Kier molecular flexibility index (Phi) is 13.7. The van der Waals surface area contributed by atoms with Crippen LogP contribution in [-0.4, -0.2) is 59.0 Å².